The SMILES string of the molecule is CC1(C)N=C(c2c3nc4ccccc4c2OS(=O)(=O)O3)c2cccc(F)c2C1(C)C. The Kier molecular flexibility index (Phi) is 3.66. The summed E-state index contributed by atoms with van der Waals surface area (Å²) in [5, 5.41) is 0.506. The Morgan fingerprint density at radius 3 is 2.47 bits per heavy atom. The van der Waals surface area contributed by atoms with Crippen LogP contribution in [0.25, 0.3) is 10.9 Å². The van der Waals surface area contributed by atoms with Crippen molar-refractivity contribution in [2.45, 2.75) is 38.6 Å². The third-order valence-corrected chi connectivity index (χ3v) is 6.96. The average molecular weight is 426 g/mol. The molecule has 0 radical (unpaired) electrons. The van der Waals surface area contributed by atoms with E-state index in [2.05, 4.69) is 4.98 Å². The minimum atomic E-state index is -4.31. The summed E-state index contributed by atoms with van der Waals surface area (Å²) in [6.45, 7) is 7.72. The van der Waals surface area contributed by atoms with Crippen LogP contribution in [0.15, 0.2) is 47.5 Å². The third-order valence-electron chi connectivity index (χ3n) is 6.23. The van der Waals surface area contributed by atoms with Gasteiger partial charge in [-0.2, -0.15) is 0 Å². The average Bonchev–Trinajstić information content (AvgIpc) is 2.64. The molecule has 2 aromatic carbocycles. The van der Waals surface area contributed by atoms with Gasteiger partial charge in [0.1, 0.15) is 11.4 Å². The molecule has 154 valence electrons. The minimum absolute atomic E-state index is 0.0892. The molecule has 0 atom stereocenters. The summed E-state index contributed by atoms with van der Waals surface area (Å²) in [5.41, 5.74) is 0.983. The molecule has 3 heterocycles. The number of para-hydroxylation sites is 1. The van der Waals surface area contributed by atoms with Crippen LogP contribution in [-0.2, 0) is 15.8 Å². The van der Waals surface area contributed by atoms with Crippen LogP contribution in [-0.4, -0.2) is 24.7 Å². The van der Waals surface area contributed by atoms with E-state index in [1.54, 1.807) is 36.4 Å². The fraction of sp³-hybridized carbons (Fsp3) is 0.273. The standard InChI is InChI=1S/C22H19FN2O4S/c1-21(2)17-13(9-7-10-14(17)23)18(25-22(21,3)4)16-19-12-8-5-6-11-15(12)24-20(16)29-30(26,27)28-19/h5-11H,1-4H3. The van der Waals surface area contributed by atoms with E-state index in [1.807, 2.05) is 27.7 Å². The van der Waals surface area contributed by atoms with Crippen LogP contribution in [0.2, 0.25) is 0 Å². The van der Waals surface area contributed by atoms with Crippen LogP contribution in [0.3, 0.4) is 0 Å². The molecule has 0 aliphatic carbocycles. The molecule has 30 heavy (non-hydrogen) atoms. The van der Waals surface area contributed by atoms with Gasteiger partial charge in [0.25, 0.3) is 5.88 Å². The molecule has 0 saturated heterocycles. The number of aromatic nitrogens is 1. The predicted octanol–water partition coefficient (Wildman–Crippen LogP) is 4.30. The zero-order valence-electron chi connectivity index (χ0n) is 16.9. The molecule has 2 aliphatic rings. The molecule has 8 heteroatoms. The number of aliphatic imine (C=N–C) groups is 1. The number of fused-ring (bicyclic) bond motifs is 5. The number of halogens is 1. The van der Waals surface area contributed by atoms with Crippen LogP contribution in [0.5, 0.6) is 11.6 Å². The van der Waals surface area contributed by atoms with E-state index >= 15 is 4.39 Å². The lowest BCUT2D eigenvalue weighted by Gasteiger charge is -2.44. The first-order chi connectivity index (χ1) is 14.0. The van der Waals surface area contributed by atoms with Crippen molar-refractivity contribution in [3.05, 3.63) is 65.0 Å². The predicted molar refractivity (Wildman–Crippen MR) is 111 cm³/mol. The number of benzene rings is 2. The highest BCUT2D eigenvalue weighted by Gasteiger charge is 2.47. The van der Waals surface area contributed by atoms with E-state index in [0.717, 1.165) is 0 Å². The number of pyridine rings is 1. The van der Waals surface area contributed by atoms with Gasteiger partial charge in [-0.3, -0.25) is 4.99 Å². The van der Waals surface area contributed by atoms with Gasteiger partial charge >= 0.3 is 10.4 Å². The first kappa shape index (κ1) is 19.0. The van der Waals surface area contributed by atoms with E-state index in [9.17, 15) is 8.42 Å². The number of nitrogens with zero attached hydrogens (tertiary/aromatic N) is 2. The molecule has 6 nitrogen and oxygen atoms in total. The summed E-state index contributed by atoms with van der Waals surface area (Å²) in [5.74, 6) is -0.382. The Morgan fingerprint density at radius 2 is 1.70 bits per heavy atom. The summed E-state index contributed by atoms with van der Waals surface area (Å²) in [6, 6.07) is 11.8. The lowest BCUT2D eigenvalue weighted by atomic mass is 9.65. The van der Waals surface area contributed by atoms with E-state index in [4.69, 9.17) is 13.4 Å². The second-order valence-electron chi connectivity index (χ2n) is 8.52. The maximum Gasteiger partial charge on any atom is 0.502 e. The normalized spacial score (nSPS) is 20.0. The van der Waals surface area contributed by atoms with Crippen molar-refractivity contribution in [1.82, 2.24) is 4.98 Å². The first-order valence-electron chi connectivity index (χ1n) is 9.48. The maximum absolute atomic E-state index is 15.0. The van der Waals surface area contributed by atoms with Crippen molar-refractivity contribution < 1.29 is 21.2 Å². The Hall–Kier alpha value is -3.00. The molecule has 0 amide bonds. The Labute approximate surface area is 173 Å². The molecule has 5 rings (SSSR count). The molecule has 0 spiro atoms. The van der Waals surface area contributed by atoms with Crippen molar-refractivity contribution in [3.63, 3.8) is 0 Å². The summed E-state index contributed by atoms with van der Waals surface area (Å²) < 4.78 is 49.8. The van der Waals surface area contributed by atoms with Crippen molar-refractivity contribution in [2.24, 2.45) is 4.99 Å². The fourth-order valence-electron chi connectivity index (χ4n) is 4.06. The summed E-state index contributed by atoms with van der Waals surface area (Å²) >= 11 is 0. The molecule has 0 fully saturated rings. The molecular weight excluding hydrogens is 407 g/mol. The zero-order valence-corrected chi connectivity index (χ0v) is 17.7. The van der Waals surface area contributed by atoms with Crippen molar-refractivity contribution in [3.8, 4) is 11.6 Å². The molecule has 0 saturated carbocycles. The summed E-state index contributed by atoms with van der Waals surface area (Å²) in [6.07, 6.45) is 0. The lowest BCUT2D eigenvalue weighted by Crippen LogP contribution is -2.47. The summed E-state index contributed by atoms with van der Waals surface area (Å²) in [7, 11) is -4.31. The monoisotopic (exact) mass is 426 g/mol. The molecule has 2 aliphatic heterocycles. The first-order valence-corrected chi connectivity index (χ1v) is 10.8. The zero-order chi connectivity index (χ0) is 21.5. The van der Waals surface area contributed by atoms with Gasteiger partial charge in [0.05, 0.1) is 16.8 Å². The minimum Gasteiger partial charge on any atom is -0.351 e. The Balaban J connectivity index is 1.91. The number of hydrogen-bond donors (Lipinski definition) is 0. The van der Waals surface area contributed by atoms with Crippen LogP contribution in [0, 0.1) is 5.82 Å². The maximum atomic E-state index is 15.0. The van der Waals surface area contributed by atoms with Crippen LogP contribution in [0.1, 0.15) is 44.4 Å². The quantitative estimate of drug-likeness (QED) is 0.580. The van der Waals surface area contributed by atoms with Gasteiger partial charge in [0.15, 0.2) is 5.75 Å². The van der Waals surface area contributed by atoms with Gasteiger partial charge in [-0.1, -0.05) is 38.1 Å². The van der Waals surface area contributed by atoms with Crippen LogP contribution < -0.4 is 8.37 Å². The molecule has 1 aromatic heterocycles. The largest absolute Gasteiger partial charge is 0.502 e. The van der Waals surface area contributed by atoms with Gasteiger partial charge < -0.3 is 8.37 Å². The number of rotatable bonds is 1. The van der Waals surface area contributed by atoms with E-state index in [0.29, 0.717) is 33.3 Å². The smallest absolute Gasteiger partial charge is 0.351 e. The van der Waals surface area contributed by atoms with Crippen molar-refractivity contribution in [1.29, 1.82) is 0 Å². The second kappa shape index (κ2) is 5.78. The molecule has 2 bridgehead atoms. The van der Waals surface area contributed by atoms with Gasteiger partial charge in [-0.15, -0.1) is 8.42 Å². The molecule has 0 N–H and O–H groups in total. The molecule has 3 aromatic rings. The van der Waals surface area contributed by atoms with Gasteiger partial charge in [-0.05, 0) is 32.0 Å². The van der Waals surface area contributed by atoms with Crippen LogP contribution in [0.4, 0.5) is 4.39 Å². The van der Waals surface area contributed by atoms with Crippen molar-refractivity contribution >= 4 is 27.0 Å². The van der Waals surface area contributed by atoms with E-state index < -0.39 is 21.4 Å². The molecular formula is C22H19FN2O4S. The fourth-order valence-corrected chi connectivity index (χ4v) is 4.79. The van der Waals surface area contributed by atoms with Gasteiger partial charge in [0, 0.05) is 21.9 Å². The summed E-state index contributed by atoms with van der Waals surface area (Å²) in [4.78, 5) is 9.33. The van der Waals surface area contributed by atoms with Crippen LogP contribution >= 0.6 is 0 Å². The highest BCUT2D eigenvalue weighted by atomic mass is 32.3. The van der Waals surface area contributed by atoms with Gasteiger partial charge in [0.2, 0.25) is 0 Å². The number of hydrogen-bond acceptors (Lipinski definition) is 6. The van der Waals surface area contributed by atoms with E-state index in [1.165, 1.54) is 6.07 Å². The van der Waals surface area contributed by atoms with E-state index in [-0.39, 0.29) is 17.4 Å². The topological polar surface area (TPSA) is 77.9 Å². The Morgan fingerprint density at radius 1 is 0.967 bits per heavy atom. The van der Waals surface area contributed by atoms with Gasteiger partial charge in [-0.25, -0.2) is 9.37 Å². The second-order valence-corrected chi connectivity index (χ2v) is 9.67. The lowest BCUT2D eigenvalue weighted by molar-refractivity contribution is 0.293. The van der Waals surface area contributed by atoms with Crippen molar-refractivity contribution in [2.75, 3.05) is 0 Å². The third kappa shape index (κ3) is 2.49. The molecule has 0 unspecified atom stereocenters. The Bertz CT molecular complexity index is 1380. The highest BCUT2D eigenvalue weighted by Crippen LogP contribution is 2.48. The highest BCUT2D eigenvalue weighted by molar-refractivity contribution is 7.82.